The fourth-order valence-corrected chi connectivity index (χ4v) is 13.7. The molecular formula is C38H64O5. The highest BCUT2D eigenvalue weighted by Crippen LogP contribution is 2.78. The van der Waals surface area contributed by atoms with E-state index in [-0.39, 0.29) is 16.9 Å². The normalized spacial score (nSPS) is 55.9. The quantitative estimate of drug-likeness (QED) is 0.223. The van der Waals surface area contributed by atoms with Gasteiger partial charge in [-0.2, -0.15) is 0 Å². The number of aliphatic hydroxyl groups is 3. The van der Waals surface area contributed by atoms with Crippen LogP contribution >= 0.6 is 0 Å². The second kappa shape index (κ2) is 10.8. The number of ether oxygens (including phenoxy) is 2. The van der Waals surface area contributed by atoms with Crippen molar-refractivity contribution in [2.45, 2.75) is 169 Å². The van der Waals surface area contributed by atoms with Gasteiger partial charge in [-0.15, -0.1) is 0 Å². The lowest BCUT2D eigenvalue weighted by Gasteiger charge is -2.73. The molecule has 6 rings (SSSR count). The first-order valence-corrected chi connectivity index (χ1v) is 18.1. The van der Waals surface area contributed by atoms with Gasteiger partial charge in [-0.3, -0.25) is 0 Å². The molecule has 1 saturated heterocycles. The Kier molecular flexibility index (Phi) is 8.15. The number of aliphatic hydroxyl groups excluding tert-OH is 3. The Balaban J connectivity index is 1.27. The van der Waals surface area contributed by atoms with E-state index in [1.54, 1.807) is 6.92 Å². The van der Waals surface area contributed by atoms with Crippen LogP contribution in [0.2, 0.25) is 0 Å². The highest BCUT2D eigenvalue weighted by atomic mass is 16.7. The monoisotopic (exact) mass is 600 g/mol. The van der Waals surface area contributed by atoms with Gasteiger partial charge in [0.25, 0.3) is 0 Å². The maximum absolute atomic E-state index is 10.7. The van der Waals surface area contributed by atoms with Crippen molar-refractivity contribution in [3.63, 3.8) is 0 Å². The van der Waals surface area contributed by atoms with Gasteiger partial charge < -0.3 is 24.8 Å². The van der Waals surface area contributed by atoms with Crippen molar-refractivity contribution in [2.75, 3.05) is 0 Å². The van der Waals surface area contributed by atoms with E-state index in [9.17, 15) is 15.3 Å². The summed E-state index contributed by atoms with van der Waals surface area (Å²) >= 11 is 0. The van der Waals surface area contributed by atoms with Gasteiger partial charge in [0.05, 0.1) is 12.2 Å². The van der Waals surface area contributed by atoms with Gasteiger partial charge >= 0.3 is 0 Å². The lowest BCUT2D eigenvalue weighted by atomic mass is 9.32. The van der Waals surface area contributed by atoms with E-state index >= 15 is 0 Å². The smallest absolute Gasteiger partial charge is 0.186 e. The third-order valence-corrected chi connectivity index (χ3v) is 16.0. The first-order chi connectivity index (χ1) is 20.1. The molecule has 0 radical (unpaired) electrons. The van der Waals surface area contributed by atoms with Crippen LogP contribution in [0.5, 0.6) is 0 Å². The summed E-state index contributed by atoms with van der Waals surface area (Å²) in [5.41, 5.74) is 2.85. The predicted molar refractivity (Wildman–Crippen MR) is 171 cm³/mol. The summed E-state index contributed by atoms with van der Waals surface area (Å²) in [4.78, 5) is 0. The van der Waals surface area contributed by atoms with Crippen molar-refractivity contribution in [3.8, 4) is 0 Å². The Bertz CT molecular complexity index is 1070. The van der Waals surface area contributed by atoms with Crippen LogP contribution in [0, 0.1) is 56.7 Å². The van der Waals surface area contributed by atoms with Gasteiger partial charge in [0.15, 0.2) is 6.29 Å². The van der Waals surface area contributed by atoms with Crippen LogP contribution < -0.4 is 0 Å². The van der Waals surface area contributed by atoms with Gasteiger partial charge in [-0.05, 0) is 141 Å². The van der Waals surface area contributed by atoms with E-state index in [0.717, 1.165) is 24.7 Å². The lowest BCUT2D eigenvalue weighted by Crippen LogP contribution is -2.67. The molecule has 1 heterocycles. The van der Waals surface area contributed by atoms with Crippen molar-refractivity contribution in [1.29, 1.82) is 0 Å². The van der Waals surface area contributed by atoms with Crippen LogP contribution in [-0.2, 0) is 9.47 Å². The molecule has 0 bridgehead atoms. The maximum atomic E-state index is 10.7. The Hall–Kier alpha value is -0.460. The first kappa shape index (κ1) is 32.5. The number of fused-ring (bicyclic) bond motifs is 7. The molecular weight excluding hydrogens is 536 g/mol. The summed E-state index contributed by atoms with van der Waals surface area (Å²) in [5.74, 6) is 3.56. The van der Waals surface area contributed by atoms with E-state index in [4.69, 9.17) is 9.47 Å². The van der Waals surface area contributed by atoms with Crippen LogP contribution in [0.3, 0.4) is 0 Å². The van der Waals surface area contributed by atoms with Gasteiger partial charge in [0, 0.05) is 0 Å². The van der Waals surface area contributed by atoms with Crippen molar-refractivity contribution in [2.24, 2.45) is 56.7 Å². The molecule has 6 aliphatic rings. The molecule has 246 valence electrons. The van der Waals surface area contributed by atoms with Crippen molar-refractivity contribution < 1.29 is 24.8 Å². The number of rotatable bonds is 5. The zero-order valence-electron chi connectivity index (χ0n) is 28.7. The van der Waals surface area contributed by atoms with E-state index in [1.807, 2.05) is 0 Å². The second-order valence-corrected chi connectivity index (χ2v) is 18.0. The van der Waals surface area contributed by atoms with Crippen LogP contribution in [0.25, 0.3) is 0 Å². The summed E-state index contributed by atoms with van der Waals surface area (Å²) in [7, 11) is 0. The molecule has 15 atom stereocenters. The van der Waals surface area contributed by atoms with Crippen molar-refractivity contribution >= 4 is 0 Å². The summed E-state index contributed by atoms with van der Waals surface area (Å²) in [5, 5.41) is 31.4. The van der Waals surface area contributed by atoms with Gasteiger partial charge in [0.1, 0.15) is 18.3 Å². The SMILES string of the molecule is C=C(C)[C@@H]1CC[C@]2(CCC)CC[C@]3(C)[C@H](CC[C@@H]4[C@@]5(C)CC[C@H](O[C@@H]6O[C@@H](C)[C@H](O)[C@@H](O)[C@H]6O)C(C)(C)[C@@H]5CC[C@]43C)[C@@H]12. The molecule has 0 aromatic carbocycles. The zero-order valence-corrected chi connectivity index (χ0v) is 28.7. The largest absolute Gasteiger partial charge is 0.388 e. The van der Waals surface area contributed by atoms with E-state index in [2.05, 4.69) is 55.0 Å². The van der Waals surface area contributed by atoms with Crippen LogP contribution in [-0.4, -0.2) is 52.1 Å². The van der Waals surface area contributed by atoms with Gasteiger partial charge in [-0.25, -0.2) is 0 Å². The fraction of sp³-hybridized carbons (Fsp3) is 0.947. The minimum absolute atomic E-state index is 0.0599. The summed E-state index contributed by atoms with van der Waals surface area (Å²) in [6, 6.07) is 0. The molecule has 0 unspecified atom stereocenters. The summed E-state index contributed by atoms with van der Waals surface area (Å²) < 4.78 is 12.5. The molecule has 43 heavy (non-hydrogen) atoms. The van der Waals surface area contributed by atoms with E-state index in [1.165, 1.54) is 69.8 Å². The third-order valence-electron chi connectivity index (χ3n) is 16.0. The highest BCUT2D eigenvalue weighted by molar-refractivity contribution is 5.21. The summed E-state index contributed by atoms with van der Waals surface area (Å²) in [6.07, 6.45) is 10.4. The molecule has 5 heteroatoms. The minimum atomic E-state index is -1.26. The fourth-order valence-electron chi connectivity index (χ4n) is 13.7. The number of hydrogen-bond donors (Lipinski definition) is 3. The minimum Gasteiger partial charge on any atom is -0.388 e. The molecule has 5 aliphatic carbocycles. The molecule has 0 amide bonds. The average molecular weight is 601 g/mol. The summed E-state index contributed by atoms with van der Waals surface area (Å²) in [6.45, 7) is 23.9. The Labute approximate surface area is 262 Å². The van der Waals surface area contributed by atoms with Gasteiger partial charge in [0.2, 0.25) is 0 Å². The number of hydrogen-bond acceptors (Lipinski definition) is 5. The Morgan fingerprint density at radius 2 is 1.53 bits per heavy atom. The van der Waals surface area contributed by atoms with E-state index in [0.29, 0.717) is 34.0 Å². The molecule has 5 nitrogen and oxygen atoms in total. The Morgan fingerprint density at radius 3 is 2.21 bits per heavy atom. The number of allylic oxidation sites excluding steroid dienone is 1. The van der Waals surface area contributed by atoms with Crippen LogP contribution in [0.4, 0.5) is 0 Å². The molecule has 6 fully saturated rings. The standard InChI is InChI=1S/C38H64O5/c1-10-16-38-19-13-24(22(2)3)29(38)25-11-12-27-35(7)17-15-28(43-33-32(41)31(40)30(39)23(4)42-33)34(5,6)26(35)14-18-37(27,9)36(25,8)20-21-38/h23-33,39-41H,2,10-21H2,1,3-9H3/t23-,24-,25+,26-,27+,28-,29+,30-,31+,32+,33-,35-,36+,37+,38+/m0/s1. The first-order valence-electron chi connectivity index (χ1n) is 18.1. The highest BCUT2D eigenvalue weighted by Gasteiger charge is 2.71. The van der Waals surface area contributed by atoms with Crippen LogP contribution in [0.15, 0.2) is 12.2 Å². The van der Waals surface area contributed by atoms with Crippen molar-refractivity contribution in [3.05, 3.63) is 12.2 Å². The Morgan fingerprint density at radius 1 is 0.814 bits per heavy atom. The second-order valence-electron chi connectivity index (χ2n) is 18.0. The molecule has 5 saturated carbocycles. The average Bonchev–Trinajstić information content (AvgIpc) is 3.32. The van der Waals surface area contributed by atoms with Gasteiger partial charge in [-0.1, -0.05) is 60.1 Å². The molecule has 0 aromatic rings. The molecule has 0 spiro atoms. The van der Waals surface area contributed by atoms with Crippen LogP contribution in [0.1, 0.15) is 132 Å². The van der Waals surface area contributed by atoms with E-state index < -0.39 is 30.7 Å². The topological polar surface area (TPSA) is 79.2 Å². The van der Waals surface area contributed by atoms with Crippen molar-refractivity contribution in [1.82, 2.24) is 0 Å². The molecule has 0 aromatic heterocycles. The molecule has 1 aliphatic heterocycles. The predicted octanol–water partition coefficient (Wildman–Crippen LogP) is 7.66. The molecule has 3 N–H and O–H groups in total. The third kappa shape index (κ3) is 4.47. The lowest BCUT2D eigenvalue weighted by molar-refractivity contribution is -0.326. The zero-order chi connectivity index (χ0) is 31.3. The maximum Gasteiger partial charge on any atom is 0.186 e.